The molecule has 0 aromatic rings. The lowest BCUT2D eigenvalue weighted by Crippen LogP contribution is -2.47. The van der Waals surface area contributed by atoms with Crippen molar-refractivity contribution in [3.05, 3.63) is 0 Å². The first-order valence-corrected chi connectivity index (χ1v) is 7.83. The molecule has 21 heavy (non-hydrogen) atoms. The standard InChI is InChI=1S/C16H29NO4/c1-11(2)14(15(19)21-16(3,4)5)17-13(18)9-8-12-7-6-10-20-12/h11-12,14H,6-10H2,1-5H3,(H,17,18)/t12?,14-/m0/s1. The van der Waals surface area contributed by atoms with E-state index in [1.54, 1.807) is 0 Å². The summed E-state index contributed by atoms with van der Waals surface area (Å²) in [7, 11) is 0. The molecule has 122 valence electrons. The Morgan fingerprint density at radius 3 is 2.48 bits per heavy atom. The highest BCUT2D eigenvalue weighted by atomic mass is 16.6. The number of esters is 1. The molecule has 1 rings (SSSR count). The average molecular weight is 299 g/mol. The fraction of sp³-hybridized carbons (Fsp3) is 0.875. The number of nitrogens with one attached hydrogen (secondary N) is 1. The Kier molecular flexibility index (Phi) is 6.65. The lowest BCUT2D eigenvalue weighted by Gasteiger charge is -2.26. The van der Waals surface area contributed by atoms with Crippen LogP contribution in [0.25, 0.3) is 0 Å². The minimum absolute atomic E-state index is 0.00784. The fourth-order valence-electron chi connectivity index (χ4n) is 2.27. The lowest BCUT2D eigenvalue weighted by molar-refractivity contribution is -0.160. The van der Waals surface area contributed by atoms with Crippen molar-refractivity contribution in [1.29, 1.82) is 0 Å². The zero-order valence-corrected chi connectivity index (χ0v) is 13.9. The number of carbonyl (C=O) groups is 2. The van der Waals surface area contributed by atoms with Gasteiger partial charge in [-0.3, -0.25) is 4.79 Å². The molecule has 1 heterocycles. The van der Waals surface area contributed by atoms with E-state index in [4.69, 9.17) is 9.47 Å². The molecule has 5 nitrogen and oxygen atoms in total. The molecule has 0 spiro atoms. The Labute approximate surface area is 127 Å². The van der Waals surface area contributed by atoms with Gasteiger partial charge in [-0.2, -0.15) is 0 Å². The summed E-state index contributed by atoms with van der Waals surface area (Å²) >= 11 is 0. The van der Waals surface area contributed by atoms with Gasteiger partial charge >= 0.3 is 5.97 Å². The van der Waals surface area contributed by atoms with Crippen LogP contribution in [0.15, 0.2) is 0 Å². The van der Waals surface area contributed by atoms with Gasteiger partial charge in [-0.1, -0.05) is 13.8 Å². The lowest BCUT2D eigenvalue weighted by atomic mass is 10.0. The summed E-state index contributed by atoms with van der Waals surface area (Å²) in [6.07, 6.45) is 3.38. The second kappa shape index (κ2) is 7.78. The van der Waals surface area contributed by atoms with E-state index in [-0.39, 0.29) is 23.9 Å². The summed E-state index contributed by atoms with van der Waals surface area (Å²) in [5.41, 5.74) is -0.549. The predicted octanol–water partition coefficient (Wildman–Crippen LogP) is 2.43. The van der Waals surface area contributed by atoms with Crippen LogP contribution in [0.5, 0.6) is 0 Å². The molecule has 1 N–H and O–H groups in total. The van der Waals surface area contributed by atoms with E-state index in [9.17, 15) is 9.59 Å². The summed E-state index contributed by atoms with van der Waals surface area (Å²) in [4.78, 5) is 24.1. The fourth-order valence-corrected chi connectivity index (χ4v) is 2.27. The molecule has 2 atom stereocenters. The van der Waals surface area contributed by atoms with E-state index in [0.29, 0.717) is 12.8 Å². The van der Waals surface area contributed by atoms with Crippen LogP contribution in [0.4, 0.5) is 0 Å². The molecule has 5 heteroatoms. The van der Waals surface area contributed by atoms with Gasteiger partial charge in [0, 0.05) is 13.0 Å². The van der Waals surface area contributed by atoms with Crippen molar-refractivity contribution in [2.75, 3.05) is 6.61 Å². The van der Waals surface area contributed by atoms with Crippen molar-refractivity contribution in [3.63, 3.8) is 0 Å². The quantitative estimate of drug-likeness (QED) is 0.765. The summed E-state index contributed by atoms with van der Waals surface area (Å²) in [6.45, 7) is 10.0. The van der Waals surface area contributed by atoms with Crippen LogP contribution >= 0.6 is 0 Å². The Bertz CT molecular complexity index is 354. The van der Waals surface area contributed by atoms with Crippen molar-refractivity contribution in [2.24, 2.45) is 5.92 Å². The predicted molar refractivity (Wildman–Crippen MR) is 80.8 cm³/mol. The Balaban J connectivity index is 2.45. The van der Waals surface area contributed by atoms with Crippen molar-refractivity contribution < 1.29 is 19.1 Å². The molecule has 1 saturated heterocycles. The first kappa shape index (κ1) is 18.0. The highest BCUT2D eigenvalue weighted by Gasteiger charge is 2.29. The summed E-state index contributed by atoms with van der Waals surface area (Å²) in [5.74, 6) is -0.496. The van der Waals surface area contributed by atoms with E-state index in [0.717, 1.165) is 19.4 Å². The summed E-state index contributed by atoms with van der Waals surface area (Å²) in [6, 6.07) is -0.596. The first-order chi connectivity index (χ1) is 9.69. The minimum atomic E-state index is -0.596. The maximum atomic E-state index is 12.1. The third kappa shape index (κ3) is 6.93. The van der Waals surface area contributed by atoms with Gasteiger partial charge in [-0.15, -0.1) is 0 Å². The molecule has 0 saturated carbocycles. The van der Waals surface area contributed by atoms with Crippen LogP contribution in [0, 0.1) is 5.92 Å². The molecule has 0 aromatic carbocycles. The van der Waals surface area contributed by atoms with Crippen LogP contribution in [-0.2, 0) is 19.1 Å². The maximum absolute atomic E-state index is 12.1. The number of hydrogen-bond acceptors (Lipinski definition) is 4. The van der Waals surface area contributed by atoms with E-state index in [1.165, 1.54) is 0 Å². The van der Waals surface area contributed by atoms with E-state index in [2.05, 4.69) is 5.32 Å². The second-order valence-corrected chi connectivity index (χ2v) is 7.00. The number of ether oxygens (including phenoxy) is 2. The van der Waals surface area contributed by atoms with Crippen LogP contribution < -0.4 is 5.32 Å². The largest absolute Gasteiger partial charge is 0.458 e. The normalized spacial score (nSPS) is 20.4. The average Bonchev–Trinajstić information content (AvgIpc) is 2.83. The molecular formula is C16H29NO4. The van der Waals surface area contributed by atoms with Crippen molar-refractivity contribution in [1.82, 2.24) is 5.32 Å². The van der Waals surface area contributed by atoms with Gasteiger partial charge in [0.15, 0.2) is 0 Å². The number of amides is 1. The molecule has 0 radical (unpaired) electrons. The monoisotopic (exact) mass is 299 g/mol. The van der Waals surface area contributed by atoms with Gasteiger partial charge in [-0.05, 0) is 46.0 Å². The molecule has 1 unspecified atom stereocenters. The van der Waals surface area contributed by atoms with Crippen LogP contribution in [0.2, 0.25) is 0 Å². The third-order valence-corrected chi connectivity index (χ3v) is 3.36. The molecule has 1 amide bonds. The van der Waals surface area contributed by atoms with Gasteiger partial charge < -0.3 is 14.8 Å². The van der Waals surface area contributed by atoms with Gasteiger partial charge in [0.2, 0.25) is 5.91 Å². The third-order valence-electron chi connectivity index (χ3n) is 3.36. The van der Waals surface area contributed by atoms with Crippen molar-refractivity contribution in [2.45, 2.75) is 78.0 Å². The topological polar surface area (TPSA) is 64.6 Å². The second-order valence-electron chi connectivity index (χ2n) is 7.00. The molecule has 1 aliphatic heterocycles. The first-order valence-electron chi connectivity index (χ1n) is 7.83. The molecule has 1 fully saturated rings. The van der Waals surface area contributed by atoms with Crippen LogP contribution in [-0.4, -0.2) is 36.2 Å². The van der Waals surface area contributed by atoms with Gasteiger partial charge in [0.05, 0.1) is 6.10 Å². The van der Waals surface area contributed by atoms with Crippen molar-refractivity contribution >= 4 is 11.9 Å². The van der Waals surface area contributed by atoms with Gasteiger partial charge in [0.1, 0.15) is 11.6 Å². The molecule has 0 aromatic heterocycles. The Morgan fingerprint density at radius 1 is 1.33 bits per heavy atom. The molecule has 1 aliphatic rings. The van der Waals surface area contributed by atoms with E-state index < -0.39 is 11.6 Å². The van der Waals surface area contributed by atoms with E-state index >= 15 is 0 Å². The van der Waals surface area contributed by atoms with Gasteiger partial charge in [0.25, 0.3) is 0 Å². The summed E-state index contributed by atoms with van der Waals surface area (Å²) < 4.78 is 10.9. The zero-order valence-electron chi connectivity index (χ0n) is 13.9. The van der Waals surface area contributed by atoms with Crippen LogP contribution in [0.1, 0.15) is 60.3 Å². The SMILES string of the molecule is CC(C)[C@H](NC(=O)CCC1CCCO1)C(=O)OC(C)(C)C. The molecule has 0 aliphatic carbocycles. The zero-order chi connectivity index (χ0) is 16.0. The maximum Gasteiger partial charge on any atom is 0.329 e. The highest BCUT2D eigenvalue weighted by molar-refractivity contribution is 5.84. The molecular weight excluding hydrogens is 270 g/mol. The number of carbonyl (C=O) groups excluding carboxylic acids is 2. The highest BCUT2D eigenvalue weighted by Crippen LogP contribution is 2.17. The van der Waals surface area contributed by atoms with E-state index in [1.807, 2.05) is 34.6 Å². The Hall–Kier alpha value is -1.10. The number of hydrogen-bond donors (Lipinski definition) is 1. The summed E-state index contributed by atoms with van der Waals surface area (Å²) in [5, 5.41) is 2.79. The number of rotatable bonds is 6. The Morgan fingerprint density at radius 2 is 2.00 bits per heavy atom. The minimum Gasteiger partial charge on any atom is -0.458 e. The van der Waals surface area contributed by atoms with Crippen molar-refractivity contribution in [3.8, 4) is 0 Å². The smallest absolute Gasteiger partial charge is 0.329 e. The van der Waals surface area contributed by atoms with Crippen LogP contribution in [0.3, 0.4) is 0 Å². The molecule has 0 bridgehead atoms. The van der Waals surface area contributed by atoms with Gasteiger partial charge in [-0.25, -0.2) is 4.79 Å².